The van der Waals surface area contributed by atoms with Gasteiger partial charge in [-0.2, -0.15) is 0 Å². The van der Waals surface area contributed by atoms with Gasteiger partial charge in [0.2, 0.25) is 5.43 Å². The molecule has 0 radical (unpaired) electrons. The number of rotatable bonds is 3. The van der Waals surface area contributed by atoms with E-state index in [1.54, 1.807) is 18.3 Å². The summed E-state index contributed by atoms with van der Waals surface area (Å²) in [6, 6.07) is 5.34. The van der Waals surface area contributed by atoms with Crippen molar-refractivity contribution in [2.45, 2.75) is 32.4 Å². The SMILES string of the molecule is CCn1cc(C(=O)NC2CCN(C)CC2)c(=O)c2cc(Cl)ccc21. The highest BCUT2D eigenvalue weighted by Gasteiger charge is 2.21. The van der Waals surface area contributed by atoms with E-state index in [0.29, 0.717) is 17.0 Å². The number of aromatic nitrogens is 1. The Morgan fingerprint density at radius 2 is 2.04 bits per heavy atom. The highest BCUT2D eigenvalue weighted by Crippen LogP contribution is 2.18. The van der Waals surface area contributed by atoms with Crippen molar-refractivity contribution in [1.82, 2.24) is 14.8 Å². The zero-order valence-electron chi connectivity index (χ0n) is 14.0. The molecule has 3 rings (SSSR count). The quantitative estimate of drug-likeness (QED) is 0.928. The van der Waals surface area contributed by atoms with Crippen molar-refractivity contribution in [3.63, 3.8) is 0 Å². The Morgan fingerprint density at radius 1 is 1.33 bits per heavy atom. The molecule has 0 bridgehead atoms. The number of carbonyl (C=O) groups is 1. The third-order valence-electron chi connectivity index (χ3n) is 4.68. The molecule has 6 heteroatoms. The first kappa shape index (κ1) is 17.0. The van der Waals surface area contributed by atoms with E-state index in [2.05, 4.69) is 17.3 Å². The monoisotopic (exact) mass is 347 g/mol. The molecule has 2 aromatic rings. The number of aryl methyl sites for hydroxylation is 1. The van der Waals surface area contributed by atoms with Crippen molar-refractivity contribution in [1.29, 1.82) is 0 Å². The highest BCUT2D eigenvalue weighted by molar-refractivity contribution is 6.31. The van der Waals surface area contributed by atoms with E-state index >= 15 is 0 Å². The first-order chi connectivity index (χ1) is 11.5. The summed E-state index contributed by atoms with van der Waals surface area (Å²) >= 11 is 6.03. The fourth-order valence-corrected chi connectivity index (χ4v) is 3.38. The summed E-state index contributed by atoms with van der Waals surface area (Å²) in [7, 11) is 2.07. The van der Waals surface area contributed by atoms with Gasteiger partial charge in [0, 0.05) is 29.2 Å². The summed E-state index contributed by atoms with van der Waals surface area (Å²) in [5.41, 5.74) is 0.718. The Kier molecular flexibility index (Phi) is 4.92. The van der Waals surface area contributed by atoms with Gasteiger partial charge in [-0.15, -0.1) is 0 Å². The largest absolute Gasteiger partial charge is 0.349 e. The second kappa shape index (κ2) is 6.95. The maximum atomic E-state index is 12.7. The fraction of sp³-hybridized carbons (Fsp3) is 0.444. The lowest BCUT2D eigenvalue weighted by molar-refractivity contribution is 0.0915. The fourth-order valence-electron chi connectivity index (χ4n) is 3.21. The third kappa shape index (κ3) is 3.32. The molecule has 1 aromatic heterocycles. The van der Waals surface area contributed by atoms with Crippen LogP contribution in [0.4, 0.5) is 0 Å². The van der Waals surface area contributed by atoms with Gasteiger partial charge in [0.15, 0.2) is 0 Å². The average Bonchev–Trinajstić information content (AvgIpc) is 2.57. The van der Waals surface area contributed by atoms with Crippen LogP contribution in [0.1, 0.15) is 30.1 Å². The molecule has 0 spiro atoms. The maximum absolute atomic E-state index is 12.7. The van der Waals surface area contributed by atoms with E-state index in [4.69, 9.17) is 11.6 Å². The molecule has 0 unspecified atom stereocenters. The van der Waals surface area contributed by atoms with Gasteiger partial charge in [-0.1, -0.05) is 11.6 Å². The van der Waals surface area contributed by atoms with E-state index in [0.717, 1.165) is 31.4 Å². The molecule has 24 heavy (non-hydrogen) atoms. The Labute approximate surface area is 146 Å². The van der Waals surface area contributed by atoms with Crippen LogP contribution in [0.15, 0.2) is 29.2 Å². The van der Waals surface area contributed by atoms with E-state index < -0.39 is 0 Å². The molecule has 1 aliphatic heterocycles. The van der Waals surface area contributed by atoms with Crippen LogP contribution in [0.3, 0.4) is 0 Å². The van der Waals surface area contributed by atoms with Gasteiger partial charge < -0.3 is 14.8 Å². The standard InChI is InChI=1S/C18H22ClN3O2/c1-3-22-11-15(17(23)14-10-12(19)4-5-16(14)22)18(24)20-13-6-8-21(2)9-7-13/h4-5,10-11,13H,3,6-9H2,1-2H3,(H,20,24). The van der Waals surface area contributed by atoms with Crippen molar-refractivity contribution < 1.29 is 4.79 Å². The second-order valence-corrected chi connectivity index (χ2v) is 6.81. The van der Waals surface area contributed by atoms with Gasteiger partial charge in [-0.3, -0.25) is 9.59 Å². The molecule has 128 valence electrons. The first-order valence-electron chi connectivity index (χ1n) is 8.31. The molecule has 1 aromatic carbocycles. The minimum absolute atomic E-state index is 0.123. The molecule has 2 heterocycles. The minimum atomic E-state index is -0.293. The van der Waals surface area contributed by atoms with Gasteiger partial charge >= 0.3 is 0 Å². The molecule has 1 N–H and O–H groups in total. The van der Waals surface area contributed by atoms with E-state index in [1.807, 2.05) is 17.6 Å². The van der Waals surface area contributed by atoms with E-state index in [9.17, 15) is 9.59 Å². The van der Waals surface area contributed by atoms with Crippen molar-refractivity contribution in [2.24, 2.45) is 0 Å². The molecular formula is C18H22ClN3O2. The van der Waals surface area contributed by atoms with E-state index in [1.165, 1.54) is 0 Å². The Hall–Kier alpha value is -1.85. The van der Waals surface area contributed by atoms with Crippen LogP contribution in [0.2, 0.25) is 5.02 Å². The maximum Gasteiger partial charge on any atom is 0.256 e. The van der Waals surface area contributed by atoms with Crippen molar-refractivity contribution in [3.05, 3.63) is 45.2 Å². The number of hydrogen-bond donors (Lipinski definition) is 1. The number of amides is 1. The predicted molar refractivity (Wildman–Crippen MR) is 96.9 cm³/mol. The second-order valence-electron chi connectivity index (χ2n) is 6.37. The number of halogens is 1. The molecule has 1 fully saturated rings. The smallest absolute Gasteiger partial charge is 0.256 e. The summed E-state index contributed by atoms with van der Waals surface area (Å²) in [5, 5.41) is 4.00. The lowest BCUT2D eigenvalue weighted by atomic mass is 10.0. The van der Waals surface area contributed by atoms with Crippen LogP contribution in [-0.2, 0) is 6.54 Å². The van der Waals surface area contributed by atoms with Gasteiger partial charge in [0.25, 0.3) is 5.91 Å². The van der Waals surface area contributed by atoms with Crippen molar-refractivity contribution in [3.8, 4) is 0 Å². The predicted octanol–water partition coefficient (Wildman–Crippen LogP) is 2.50. The Morgan fingerprint density at radius 3 is 2.71 bits per heavy atom. The Balaban J connectivity index is 1.95. The number of nitrogens with one attached hydrogen (secondary N) is 1. The van der Waals surface area contributed by atoms with Crippen molar-refractivity contribution >= 4 is 28.4 Å². The topological polar surface area (TPSA) is 54.3 Å². The van der Waals surface area contributed by atoms with E-state index in [-0.39, 0.29) is 22.9 Å². The normalized spacial score (nSPS) is 16.5. The van der Waals surface area contributed by atoms with Crippen LogP contribution in [-0.4, -0.2) is 41.6 Å². The number of hydrogen-bond acceptors (Lipinski definition) is 3. The summed E-state index contributed by atoms with van der Waals surface area (Å²) in [6.07, 6.45) is 3.47. The molecule has 5 nitrogen and oxygen atoms in total. The van der Waals surface area contributed by atoms with Crippen LogP contribution < -0.4 is 10.7 Å². The number of nitrogens with zero attached hydrogens (tertiary/aromatic N) is 2. The van der Waals surface area contributed by atoms with Crippen LogP contribution in [0, 0.1) is 0 Å². The molecule has 0 aliphatic carbocycles. The van der Waals surface area contributed by atoms with Gasteiger partial charge in [-0.25, -0.2) is 0 Å². The molecule has 1 amide bonds. The number of carbonyl (C=O) groups excluding carboxylic acids is 1. The van der Waals surface area contributed by atoms with Gasteiger partial charge in [0.1, 0.15) is 5.56 Å². The van der Waals surface area contributed by atoms with Crippen molar-refractivity contribution in [2.75, 3.05) is 20.1 Å². The zero-order valence-corrected chi connectivity index (χ0v) is 14.8. The summed E-state index contributed by atoms with van der Waals surface area (Å²) in [4.78, 5) is 27.6. The summed E-state index contributed by atoms with van der Waals surface area (Å²) in [6.45, 7) is 4.57. The Bertz CT molecular complexity index is 823. The van der Waals surface area contributed by atoms with Crippen LogP contribution >= 0.6 is 11.6 Å². The number of benzene rings is 1. The van der Waals surface area contributed by atoms with Crippen LogP contribution in [0.25, 0.3) is 10.9 Å². The number of pyridine rings is 1. The average molecular weight is 348 g/mol. The molecule has 0 saturated carbocycles. The van der Waals surface area contributed by atoms with Gasteiger partial charge in [-0.05, 0) is 58.1 Å². The minimum Gasteiger partial charge on any atom is -0.349 e. The van der Waals surface area contributed by atoms with Gasteiger partial charge in [0.05, 0.1) is 5.52 Å². The molecular weight excluding hydrogens is 326 g/mol. The molecule has 1 aliphatic rings. The summed E-state index contributed by atoms with van der Waals surface area (Å²) < 4.78 is 1.91. The molecule has 0 atom stereocenters. The lowest BCUT2D eigenvalue weighted by Gasteiger charge is -2.29. The highest BCUT2D eigenvalue weighted by atomic mass is 35.5. The lowest BCUT2D eigenvalue weighted by Crippen LogP contribution is -2.44. The summed E-state index contributed by atoms with van der Waals surface area (Å²) in [5.74, 6) is -0.293. The number of likely N-dealkylation sites (tertiary alicyclic amines) is 1. The first-order valence-corrected chi connectivity index (χ1v) is 8.69. The zero-order chi connectivity index (χ0) is 17.3. The molecule has 1 saturated heterocycles. The number of fused-ring (bicyclic) bond motifs is 1. The number of piperidine rings is 1. The third-order valence-corrected chi connectivity index (χ3v) is 4.92. The van der Waals surface area contributed by atoms with Crippen LogP contribution in [0.5, 0.6) is 0 Å².